The van der Waals surface area contributed by atoms with E-state index in [-0.39, 0.29) is 0 Å². The molecule has 0 radical (unpaired) electrons. The largest absolute Gasteiger partial charge is 0.481 e. The highest BCUT2D eigenvalue weighted by Gasteiger charge is 2.30. The molecule has 0 aliphatic heterocycles. The molecule has 16 heavy (non-hydrogen) atoms. The third-order valence-corrected chi connectivity index (χ3v) is 2.67. The van der Waals surface area contributed by atoms with E-state index in [2.05, 4.69) is 14.9 Å². The lowest BCUT2D eigenvalue weighted by Gasteiger charge is -2.21. The lowest BCUT2D eigenvalue weighted by Crippen LogP contribution is -2.30. The Labute approximate surface area is 95.6 Å². The number of nitrogens with two attached hydrogens (primary N) is 1. The molecule has 0 bridgehead atoms. The molecule has 0 spiro atoms. The normalized spacial score (nSPS) is 14.9. The summed E-state index contributed by atoms with van der Waals surface area (Å²) in [6.45, 7) is 1.63. The maximum absolute atomic E-state index is 5.54. The van der Waals surface area contributed by atoms with Crippen LogP contribution in [0.2, 0.25) is 0 Å². The van der Waals surface area contributed by atoms with Gasteiger partial charge in [0.05, 0.1) is 7.11 Å². The van der Waals surface area contributed by atoms with Crippen LogP contribution in [-0.2, 0) is 0 Å². The van der Waals surface area contributed by atoms with Gasteiger partial charge in [-0.15, -0.1) is 0 Å². The summed E-state index contributed by atoms with van der Waals surface area (Å²) in [5.74, 6) is 1.37. The molecular weight excluding hydrogens is 204 g/mol. The zero-order valence-corrected chi connectivity index (χ0v) is 9.59. The Morgan fingerprint density at radius 1 is 1.56 bits per heavy atom. The number of rotatable bonds is 6. The predicted molar refractivity (Wildman–Crippen MR) is 62.6 cm³/mol. The van der Waals surface area contributed by atoms with Gasteiger partial charge in [-0.25, -0.2) is 4.98 Å². The maximum Gasteiger partial charge on any atom is 0.228 e. The highest BCUT2D eigenvalue weighted by molar-refractivity contribution is 5.35. The van der Waals surface area contributed by atoms with Gasteiger partial charge in [0.2, 0.25) is 11.8 Å². The van der Waals surface area contributed by atoms with E-state index in [1.165, 1.54) is 12.8 Å². The van der Waals surface area contributed by atoms with Crippen molar-refractivity contribution in [1.82, 2.24) is 9.97 Å². The van der Waals surface area contributed by atoms with E-state index < -0.39 is 0 Å². The number of aromatic nitrogens is 2. The Morgan fingerprint density at radius 2 is 2.38 bits per heavy atom. The SMILES string of the molecule is COc1ccnc(N(CCCN)C2CC2)n1. The van der Waals surface area contributed by atoms with Crippen molar-refractivity contribution in [3.8, 4) is 5.88 Å². The van der Waals surface area contributed by atoms with E-state index in [1.54, 1.807) is 19.4 Å². The minimum absolute atomic E-state index is 0.596. The number of hydrogen-bond donors (Lipinski definition) is 1. The Morgan fingerprint density at radius 3 is 3.00 bits per heavy atom. The first-order chi connectivity index (χ1) is 7.85. The fraction of sp³-hybridized carbons (Fsp3) is 0.636. The second-order valence-electron chi connectivity index (χ2n) is 3.97. The average Bonchev–Trinajstić information content (AvgIpc) is 3.14. The van der Waals surface area contributed by atoms with Crippen molar-refractivity contribution in [1.29, 1.82) is 0 Å². The van der Waals surface area contributed by atoms with Crippen molar-refractivity contribution in [2.24, 2.45) is 5.73 Å². The number of hydrogen-bond acceptors (Lipinski definition) is 5. The number of anilines is 1. The molecule has 1 aliphatic carbocycles. The highest BCUT2D eigenvalue weighted by Crippen LogP contribution is 2.30. The third-order valence-electron chi connectivity index (χ3n) is 2.67. The molecule has 0 atom stereocenters. The summed E-state index contributed by atoms with van der Waals surface area (Å²) in [4.78, 5) is 10.9. The first kappa shape index (κ1) is 11.1. The van der Waals surface area contributed by atoms with E-state index >= 15 is 0 Å². The summed E-state index contributed by atoms with van der Waals surface area (Å²) in [5.41, 5.74) is 5.54. The predicted octanol–water partition coefficient (Wildman–Crippen LogP) is 0.803. The van der Waals surface area contributed by atoms with Gasteiger partial charge in [-0.1, -0.05) is 0 Å². The molecule has 0 amide bonds. The van der Waals surface area contributed by atoms with Crippen LogP contribution in [0, 0.1) is 0 Å². The summed E-state index contributed by atoms with van der Waals surface area (Å²) >= 11 is 0. The highest BCUT2D eigenvalue weighted by atomic mass is 16.5. The maximum atomic E-state index is 5.54. The van der Waals surface area contributed by atoms with E-state index in [0.717, 1.165) is 18.9 Å². The van der Waals surface area contributed by atoms with Crippen LogP contribution in [0.25, 0.3) is 0 Å². The summed E-state index contributed by atoms with van der Waals surface area (Å²) < 4.78 is 5.11. The summed E-state index contributed by atoms with van der Waals surface area (Å²) in [6, 6.07) is 2.36. The fourth-order valence-electron chi connectivity index (χ4n) is 1.68. The van der Waals surface area contributed by atoms with Crippen LogP contribution in [0.1, 0.15) is 19.3 Å². The van der Waals surface area contributed by atoms with Gasteiger partial charge in [0.1, 0.15) is 0 Å². The first-order valence-electron chi connectivity index (χ1n) is 5.69. The Bertz CT molecular complexity index is 341. The molecule has 0 saturated heterocycles. The summed E-state index contributed by atoms with van der Waals surface area (Å²) in [5, 5.41) is 0. The van der Waals surface area contributed by atoms with Gasteiger partial charge in [-0.05, 0) is 25.8 Å². The topological polar surface area (TPSA) is 64.3 Å². The van der Waals surface area contributed by atoms with Gasteiger partial charge in [0.15, 0.2) is 0 Å². The molecule has 1 saturated carbocycles. The molecule has 1 aromatic heterocycles. The van der Waals surface area contributed by atoms with Gasteiger partial charge >= 0.3 is 0 Å². The number of ether oxygens (including phenoxy) is 1. The number of methoxy groups -OCH3 is 1. The van der Waals surface area contributed by atoms with Crippen LogP contribution < -0.4 is 15.4 Å². The molecule has 5 nitrogen and oxygen atoms in total. The van der Waals surface area contributed by atoms with Gasteiger partial charge in [-0.2, -0.15) is 4.98 Å². The second kappa shape index (κ2) is 5.12. The quantitative estimate of drug-likeness (QED) is 0.771. The van der Waals surface area contributed by atoms with Crippen molar-refractivity contribution < 1.29 is 4.74 Å². The molecule has 0 unspecified atom stereocenters. The molecule has 5 heteroatoms. The lowest BCUT2D eigenvalue weighted by atomic mass is 10.4. The number of nitrogens with zero attached hydrogens (tertiary/aromatic N) is 3. The van der Waals surface area contributed by atoms with Gasteiger partial charge in [0.25, 0.3) is 0 Å². The van der Waals surface area contributed by atoms with E-state index in [1.807, 2.05) is 0 Å². The third kappa shape index (κ3) is 2.61. The summed E-state index contributed by atoms with van der Waals surface area (Å²) in [6.07, 6.45) is 5.16. The standard InChI is InChI=1S/C11H18N4O/c1-16-10-5-7-13-11(14-10)15(8-2-6-12)9-3-4-9/h5,7,9H,2-4,6,8,12H2,1H3. The monoisotopic (exact) mass is 222 g/mol. The van der Waals surface area contributed by atoms with Gasteiger partial charge in [0, 0.05) is 24.8 Å². The molecule has 1 fully saturated rings. The van der Waals surface area contributed by atoms with Crippen LogP contribution in [0.15, 0.2) is 12.3 Å². The fourth-order valence-corrected chi connectivity index (χ4v) is 1.68. The first-order valence-corrected chi connectivity index (χ1v) is 5.69. The minimum Gasteiger partial charge on any atom is -0.481 e. The van der Waals surface area contributed by atoms with Gasteiger partial charge < -0.3 is 15.4 Å². The van der Waals surface area contributed by atoms with Crippen molar-refractivity contribution >= 4 is 5.95 Å². The lowest BCUT2D eigenvalue weighted by molar-refractivity contribution is 0.396. The second-order valence-corrected chi connectivity index (χ2v) is 3.97. The average molecular weight is 222 g/mol. The summed E-state index contributed by atoms with van der Waals surface area (Å²) in [7, 11) is 1.62. The Kier molecular flexibility index (Phi) is 3.56. The van der Waals surface area contributed by atoms with Crippen LogP contribution in [-0.4, -0.2) is 36.2 Å². The Hall–Kier alpha value is -1.36. The Balaban J connectivity index is 2.10. The molecule has 2 rings (SSSR count). The molecule has 88 valence electrons. The minimum atomic E-state index is 0.596. The van der Waals surface area contributed by atoms with Crippen LogP contribution in [0.5, 0.6) is 5.88 Å². The molecule has 1 aliphatic rings. The zero-order valence-electron chi connectivity index (χ0n) is 9.59. The van der Waals surface area contributed by atoms with Crippen LogP contribution in [0.4, 0.5) is 5.95 Å². The van der Waals surface area contributed by atoms with Crippen molar-refractivity contribution in [3.63, 3.8) is 0 Å². The van der Waals surface area contributed by atoms with E-state index in [9.17, 15) is 0 Å². The zero-order chi connectivity index (χ0) is 11.4. The van der Waals surface area contributed by atoms with Gasteiger partial charge in [-0.3, -0.25) is 0 Å². The van der Waals surface area contributed by atoms with Crippen molar-refractivity contribution in [3.05, 3.63) is 12.3 Å². The molecule has 0 aromatic carbocycles. The van der Waals surface area contributed by atoms with Crippen LogP contribution >= 0.6 is 0 Å². The van der Waals surface area contributed by atoms with E-state index in [0.29, 0.717) is 18.5 Å². The van der Waals surface area contributed by atoms with Crippen LogP contribution in [0.3, 0.4) is 0 Å². The van der Waals surface area contributed by atoms with Crippen molar-refractivity contribution in [2.75, 3.05) is 25.1 Å². The molecule has 2 N–H and O–H groups in total. The van der Waals surface area contributed by atoms with Crippen molar-refractivity contribution in [2.45, 2.75) is 25.3 Å². The molecule has 1 aromatic rings. The smallest absolute Gasteiger partial charge is 0.228 e. The van der Waals surface area contributed by atoms with E-state index in [4.69, 9.17) is 10.5 Å². The molecular formula is C11H18N4O. The molecule has 1 heterocycles.